The number of rotatable bonds is 4. The molecule has 0 spiro atoms. The summed E-state index contributed by atoms with van der Waals surface area (Å²) in [5.74, 6) is 0.688. The van der Waals surface area contributed by atoms with Crippen LogP contribution < -0.4 is 10.1 Å². The average Bonchev–Trinajstić information content (AvgIpc) is 3.11. The van der Waals surface area contributed by atoms with Crippen LogP contribution in [0.1, 0.15) is 54.1 Å². The molecule has 1 aliphatic rings. The number of hydrogen-bond donors (Lipinski definition) is 1. The number of benzene rings is 1. The van der Waals surface area contributed by atoms with Crippen molar-refractivity contribution in [1.29, 1.82) is 0 Å². The van der Waals surface area contributed by atoms with Gasteiger partial charge in [0.2, 0.25) is 0 Å². The van der Waals surface area contributed by atoms with Crippen molar-refractivity contribution in [3.8, 4) is 5.75 Å². The van der Waals surface area contributed by atoms with Crippen LogP contribution in [0.15, 0.2) is 36.7 Å². The Morgan fingerprint density at radius 2 is 2.04 bits per heavy atom. The van der Waals surface area contributed by atoms with Crippen molar-refractivity contribution in [2.24, 2.45) is 0 Å². The van der Waals surface area contributed by atoms with Crippen molar-refractivity contribution < 1.29 is 9.53 Å². The van der Waals surface area contributed by atoms with E-state index in [1.54, 1.807) is 19.5 Å². The first-order valence-corrected chi connectivity index (χ1v) is 9.14. The van der Waals surface area contributed by atoms with Gasteiger partial charge in [-0.15, -0.1) is 0 Å². The summed E-state index contributed by atoms with van der Waals surface area (Å²) < 4.78 is 5.37. The predicted molar refractivity (Wildman–Crippen MR) is 102 cm³/mol. The van der Waals surface area contributed by atoms with Crippen molar-refractivity contribution in [1.82, 2.24) is 15.2 Å². The van der Waals surface area contributed by atoms with Crippen LogP contribution >= 0.6 is 0 Å². The van der Waals surface area contributed by atoms with Gasteiger partial charge in [-0.3, -0.25) is 4.98 Å². The largest absolute Gasteiger partial charge is 0.495 e. The zero-order valence-electron chi connectivity index (χ0n) is 16.0. The quantitative estimate of drug-likeness (QED) is 0.891. The summed E-state index contributed by atoms with van der Waals surface area (Å²) in [4.78, 5) is 19.0. The van der Waals surface area contributed by atoms with E-state index in [9.17, 15) is 4.79 Å². The van der Waals surface area contributed by atoms with Crippen molar-refractivity contribution in [3.63, 3.8) is 0 Å². The SMILES string of the molecule is COc1cnccc1C(C)NC(=O)N1CCCC1c1c(C)cccc1C. The van der Waals surface area contributed by atoms with E-state index in [0.717, 1.165) is 24.9 Å². The normalized spacial score (nSPS) is 17.8. The highest BCUT2D eigenvalue weighted by atomic mass is 16.5. The third kappa shape index (κ3) is 3.52. The number of amides is 2. The highest BCUT2D eigenvalue weighted by Crippen LogP contribution is 2.36. The van der Waals surface area contributed by atoms with E-state index < -0.39 is 0 Å². The lowest BCUT2D eigenvalue weighted by Gasteiger charge is -2.29. The number of ether oxygens (including phenoxy) is 1. The molecule has 1 aromatic carbocycles. The van der Waals surface area contributed by atoms with Gasteiger partial charge in [-0.1, -0.05) is 18.2 Å². The Bertz CT molecular complexity index is 770. The van der Waals surface area contributed by atoms with Crippen LogP contribution in [0, 0.1) is 13.8 Å². The van der Waals surface area contributed by atoms with Crippen molar-refractivity contribution in [3.05, 3.63) is 58.9 Å². The Balaban J connectivity index is 1.79. The maximum Gasteiger partial charge on any atom is 0.318 e. The van der Waals surface area contributed by atoms with E-state index in [0.29, 0.717) is 5.75 Å². The second-order valence-corrected chi connectivity index (χ2v) is 6.95. The molecular weight excluding hydrogens is 326 g/mol. The predicted octanol–water partition coefficient (Wildman–Crippen LogP) is 4.31. The van der Waals surface area contributed by atoms with E-state index in [1.807, 2.05) is 17.9 Å². The molecule has 2 amide bonds. The molecule has 1 fully saturated rings. The summed E-state index contributed by atoms with van der Waals surface area (Å²) in [5.41, 5.74) is 4.71. The molecule has 0 saturated carbocycles. The van der Waals surface area contributed by atoms with Crippen LogP contribution in [0.5, 0.6) is 5.75 Å². The number of aryl methyl sites for hydroxylation is 2. The third-order valence-electron chi connectivity index (χ3n) is 5.23. The number of carbonyl (C=O) groups excluding carboxylic acids is 1. The zero-order valence-corrected chi connectivity index (χ0v) is 16.0. The summed E-state index contributed by atoms with van der Waals surface area (Å²) in [6.45, 7) is 7.01. The number of nitrogens with one attached hydrogen (secondary N) is 1. The minimum Gasteiger partial charge on any atom is -0.495 e. The van der Waals surface area contributed by atoms with Gasteiger partial charge in [0.15, 0.2) is 0 Å². The lowest BCUT2D eigenvalue weighted by molar-refractivity contribution is 0.189. The topological polar surface area (TPSA) is 54.5 Å². The molecule has 2 atom stereocenters. The second kappa shape index (κ2) is 7.77. The molecule has 1 N–H and O–H groups in total. The number of carbonyl (C=O) groups is 1. The van der Waals surface area contributed by atoms with Crippen molar-refractivity contribution in [2.45, 2.75) is 45.7 Å². The average molecular weight is 353 g/mol. The highest BCUT2D eigenvalue weighted by Gasteiger charge is 2.32. The van der Waals surface area contributed by atoms with Gasteiger partial charge in [-0.25, -0.2) is 4.79 Å². The molecule has 5 nitrogen and oxygen atoms in total. The Labute approximate surface area is 155 Å². The minimum atomic E-state index is -0.153. The molecule has 2 heterocycles. The molecule has 5 heteroatoms. The number of aromatic nitrogens is 1. The molecule has 0 bridgehead atoms. The van der Waals surface area contributed by atoms with Gasteiger partial charge < -0.3 is 15.0 Å². The van der Waals surface area contributed by atoms with E-state index in [-0.39, 0.29) is 18.1 Å². The van der Waals surface area contributed by atoms with Crippen LogP contribution in [-0.2, 0) is 0 Å². The molecule has 26 heavy (non-hydrogen) atoms. The summed E-state index contributed by atoms with van der Waals surface area (Å²) in [6.07, 6.45) is 5.42. The fraction of sp³-hybridized carbons (Fsp3) is 0.429. The number of urea groups is 1. The van der Waals surface area contributed by atoms with Gasteiger partial charge in [-0.05, 0) is 56.4 Å². The molecule has 0 radical (unpaired) electrons. The molecule has 1 saturated heterocycles. The van der Waals surface area contributed by atoms with E-state index in [1.165, 1.54) is 16.7 Å². The van der Waals surface area contributed by atoms with Crippen molar-refractivity contribution in [2.75, 3.05) is 13.7 Å². The number of nitrogens with zero attached hydrogens (tertiary/aromatic N) is 2. The second-order valence-electron chi connectivity index (χ2n) is 6.95. The Kier molecular flexibility index (Phi) is 5.45. The molecule has 0 aliphatic carbocycles. The van der Waals surface area contributed by atoms with Crippen LogP contribution in [0.4, 0.5) is 4.79 Å². The lowest BCUT2D eigenvalue weighted by atomic mass is 9.94. The standard InChI is InChI=1S/C21H27N3O2/c1-14-7-5-8-15(2)20(14)18-9-6-12-24(18)21(25)23-16(3)17-10-11-22-13-19(17)26-4/h5,7-8,10-11,13,16,18H,6,9,12H2,1-4H3,(H,23,25). The maximum absolute atomic E-state index is 13.0. The summed E-state index contributed by atoms with van der Waals surface area (Å²) in [5, 5.41) is 3.13. The first kappa shape index (κ1) is 18.2. The molecular formula is C21H27N3O2. The van der Waals surface area contributed by atoms with E-state index >= 15 is 0 Å². The van der Waals surface area contributed by atoms with Gasteiger partial charge in [0.05, 0.1) is 25.4 Å². The molecule has 1 aromatic heterocycles. The number of likely N-dealkylation sites (tertiary alicyclic amines) is 1. The fourth-order valence-electron chi connectivity index (χ4n) is 3.93. The molecule has 2 aromatic rings. The van der Waals surface area contributed by atoms with Gasteiger partial charge in [0.1, 0.15) is 5.75 Å². The van der Waals surface area contributed by atoms with E-state index in [2.05, 4.69) is 42.3 Å². The van der Waals surface area contributed by atoms with Crippen LogP contribution in [0.3, 0.4) is 0 Å². The summed E-state index contributed by atoms with van der Waals surface area (Å²) >= 11 is 0. The van der Waals surface area contributed by atoms with Crippen molar-refractivity contribution >= 4 is 6.03 Å². The van der Waals surface area contributed by atoms with Crippen LogP contribution in [0.25, 0.3) is 0 Å². The Morgan fingerprint density at radius 3 is 2.73 bits per heavy atom. The molecule has 1 aliphatic heterocycles. The van der Waals surface area contributed by atoms with Crippen LogP contribution in [-0.4, -0.2) is 29.6 Å². The first-order chi connectivity index (χ1) is 12.5. The Morgan fingerprint density at radius 1 is 1.31 bits per heavy atom. The maximum atomic E-state index is 13.0. The minimum absolute atomic E-state index is 0.0264. The van der Waals surface area contributed by atoms with Gasteiger partial charge in [-0.2, -0.15) is 0 Å². The van der Waals surface area contributed by atoms with Gasteiger partial charge in [0, 0.05) is 18.3 Å². The Hall–Kier alpha value is -2.56. The summed E-state index contributed by atoms with van der Waals surface area (Å²) in [6, 6.07) is 8.17. The zero-order chi connectivity index (χ0) is 18.7. The van der Waals surface area contributed by atoms with Crippen LogP contribution in [0.2, 0.25) is 0 Å². The fourth-order valence-corrected chi connectivity index (χ4v) is 3.93. The highest BCUT2D eigenvalue weighted by molar-refractivity contribution is 5.76. The molecule has 138 valence electrons. The first-order valence-electron chi connectivity index (χ1n) is 9.14. The monoisotopic (exact) mass is 353 g/mol. The van der Waals surface area contributed by atoms with E-state index in [4.69, 9.17) is 4.74 Å². The third-order valence-corrected chi connectivity index (χ3v) is 5.23. The number of pyridine rings is 1. The van der Waals surface area contributed by atoms with Gasteiger partial charge in [0.25, 0.3) is 0 Å². The summed E-state index contributed by atoms with van der Waals surface area (Å²) in [7, 11) is 1.62. The number of methoxy groups -OCH3 is 1. The van der Waals surface area contributed by atoms with Gasteiger partial charge >= 0.3 is 6.03 Å². The molecule has 2 unspecified atom stereocenters. The number of hydrogen-bond acceptors (Lipinski definition) is 3. The lowest BCUT2D eigenvalue weighted by Crippen LogP contribution is -2.41. The smallest absolute Gasteiger partial charge is 0.318 e. The molecule has 3 rings (SSSR count).